The SMILES string of the molecule is COC(=O)c1c(F)cccc1-c1ccc(CN=C(N)NNC(C)=O)c(F)c1. The van der Waals surface area contributed by atoms with Crippen molar-refractivity contribution in [1.82, 2.24) is 10.9 Å². The van der Waals surface area contributed by atoms with E-state index >= 15 is 0 Å². The largest absolute Gasteiger partial charge is 0.465 e. The fourth-order valence-corrected chi connectivity index (χ4v) is 2.28. The lowest BCUT2D eigenvalue weighted by molar-refractivity contribution is -0.119. The number of aliphatic imine (C=N–C) groups is 1. The average molecular weight is 376 g/mol. The maximum Gasteiger partial charge on any atom is 0.341 e. The van der Waals surface area contributed by atoms with Crippen LogP contribution in [0.3, 0.4) is 0 Å². The second kappa shape index (κ2) is 8.75. The van der Waals surface area contributed by atoms with Crippen molar-refractivity contribution < 1.29 is 23.1 Å². The third-order valence-electron chi connectivity index (χ3n) is 3.55. The van der Waals surface area contributed by atoms with Crippen molar-refractivity contribution in [3.8, 4) is 11.1 Å². The van der Waals surface area contributed by atoms with Gasteiger partial charge in [-0.15, -0.1) is 0 Å². The zero-order valence-corrected chi connectivity index (χ0v) is 14.7. The second-order valence-corrected chi connectivity index (χ2v) is 5.47. The topological polar surface area (TPSA) is 106 Å². The predicted octanol–water partition coefficient (Wildman–Crippen LogP) is 1.87. The third kappa shape index (κ3) is 5.00. The molecule has 1 amide bonds. The summed E-state index contributed by atoms with van der Waals surface area (Å²) in [6, 6.07) is 8.20. The number of nitrogens with one attached hydrogen (secondary N) is 2. The molecular weight excluding hydrogens is 358 g/mol. The molecule has 9 heteroatoms. The molecule has 0 heterocycles. The van der Waals surface area contributed by atoms with Crippen LogP contribution in [0, 0.1) is 11.6 Å². The van der Waals surface area contributed by atoms with Crippen LogP contribution in [0.1, 0.15) is 22.8 Å². The summed E-state index contributed by atoms with van der Waals surface area (Å²) >= 11 is 0. The van der Waals surface area contributed by atoms with Crippen LogP contribution >= 0.6 is 0 Å². The van der Waals surface area contributed by atoms with Crippen molar-refractivity contribution >= 4 is 17.8 Å². The zero-order valence-electron chi connectivity index (χ0n) is 14.7. The molecule has 0 aliphatic carbocycles. The number of carbonyl (C=O) groups is 2. The second-order valence-electron chi connectivity index (χ2n) is 5.47. The number of methoxy groups -OCH3 is 1. The highest BCUT2D eigenvalue weighted by molar-refractivity contribution is 5.97. The van der Waals surface area contributed by atoms with Crippen LogP contribution in [-0.2, 0) is 16.1 Å². The first-order valence-corrected chi connectivity index (χ1v) is 7.81. The molecule has 4 N–H and O–H groups in total. The fraction of sp³-hybridized carbons (Fsp3) is 0.167. The zero-order chi connectivity index (χ0) is 20.0. The molecule has 142 valence electrons. The average Bonchev–Trinajstić information content (AvgIpc) is 2.64. The third-order valence-corrected chi connectivity index (χ3v) is 3.55. The Labute approximate surface area is 154 Å². The van der Waals surface area contributed by atoms with Gasteiger partial charge in [-0.1, -0.05) is 24.3 Å². The van der Waals surface area contributed by atoms with E-state index in [1.165, 1.54) is 37.3 Å². The van der Waals surface area contributed by atoms with Crippen LogP contribution < -0.4 is 16.6 Å². The highest BCUT2D eigenvalue weighted by Crippen LogP contribution is 2.28. The number of hydrogen-bond acceptors (Lipinski definition) is 4. The molecular formula is C18H18F2N4O3. The Kier molecular flexibility index (Phi) is 6.42. The minimum absolute atomic E-state index is 0.0858. The predicted molar refractivity (Wildman–Crippen MR) is 95.4 cm³/mol. The standard InChI is InChI=1S/C18H18F2N4O3/c1-10(25)23-24-18(21)22-9-12-7-6-11(8-15(12)20)13-4-3-5-14(19)16(13)17(26)27-2/h3-8H,9H2,1-2H3,(H,23,25)(H3,21,22,24). The van der Waals surface area contributed by atoms with Gasteiger partial charge >= 0.3 is 5.97 Å². The number of hydrazine groups is 1. The van der Waals surface area contributed by atoms with Gasteiger partial charge in [0, 0.05) is 12.5 Å². The van der Waals surface area contributed by atoms with Crippen LogP contribution in [0.25, 0.3) is 11.1 Å². The Morgan fingerprint density at radius 3 is 2.52 bits per heavy atom. The number of esters is 1. The number of hydrogen-bond donors (Lipinski definition) is 3. The molecule has 2 aromatic carbocycles. The first-order valence-electron chi connectivity index (χ1n) is 7.81. The van der Waals surface area contributed by atoms with E-state index in [1.807, 2.05) is 0 Å². The van der Waals surface area contributed by atoms with Crippen LogP contribution in [-0.4, -0.2) is 24.9 Å². The molecule has 0 saturated heterocycles. The van der Waals surface area contributed by atoms with E-state index in [4.69, 9.17) is 5.73 Å². The van der Waals surface area contributed by atoms with Gasteiger partial charge in [-0.3, -0.25) is 15.6 Å². The van der Waals surface area contributed by atoms with Gasteiger partial charge in [-0.25, -0.2) is 18.6 Å². The molecule has 0 atom stereocenters. The summed E-state index contributed by atoms with van der Waals surface area (Å²) in [6.45, 7) is 1.20. The van der Waals surface area contributed by atoms with Gasteiger partial charge in [-0.05, 0) is 23.3 Å². The maximum atomic E-state index is 14.4. The lowest BCUT2D eigenvalue weighted by Gasteiger charge is -2.10. The number of guanidine groups is 1. The number of carbonyl (C=O) groups excluding carboxylic acids is 2. The van der Waals surface area contributed by atoms with Crippen molar-refractivity contribution in [2.45, 2.75) is 13.5 Å². The normalized spacial score (nSPS) is 11.0. The maximum absolute atomic E-state index is 14.4. The van der Waals surface area contributed by atoms with Gasteiger partial charge in [0.1, 0.15) is 17.2 Å². The van der Waals surface area contributed by atoms with E-state index in [0.717, 1.165) is 13.2 Å². The highest BCUT2D eigenvalue weighted by Gasteiger charge is 2.19. The Balaban J connectivity index is 2.28. The molecule has 0 aromatic heterocycles. The quantitative estimate of drug-likeness (QED) is 0.327. The molecule has 0 spiro atoms. The summed E-state index contributed by atoms with van der Waals surface area (Å²) in [7, 11) is 1.14. The number of nitrogens with two attached hydrogens (primary N) is 1. The summed E-state index contributed by atoms with van der Waals surface area (Å²) in [5.41, 5.74) is 10.6. The van der Waals surface area contributed by atoms with Crippen molar-refractivity contribution in [2.24, 2.45) is 10.7 Å². The van der Waals surface area contributed by atoms with Gasteiger partial charge in [0.2, 0.25) is 11.9 Å². The molecule has 2 rings (SSSR count). The van der Waals surface area contributed by atoms with Crippen molar-refractivity contribution in [3.63, 3.8) is 0 Å². The lowest BCUT2D eigenvalue weighted by Crippen LogP contribution is -2.44. The number of amides is 1. The molecule has 0 saturated carbocycles. The molecule has 27 heavy (non-hydrogen) atoms. The Bertz CT molecular complexity index is 900. The number of ether oxygens (including phenoxy) is 1. The minimum Gasteiger partial charge on any atom is -0.465 e. The van der Waals surface area contributed by atoms with Crippen LogP contribution in [0.15, 0.2) is 41.4 Å². The first-order chi connectivity index (χ1) is 12.8. The van der Waals surface area contributed by atoms with E-state index in [9.17, 15) is 18.4 Å². The summed E-state index contributed by atoms with van der Waals surface area (Å²) in [5.74, 6) is -2.67. The van der Waals surface area contributed by atoms with Gasteiger partial charge in [0.15, 0.2) is 0 Å². The molecule has 0 radical (unpaired) electrons. The minimum atomic E-state index is -0.853. The lowest BCUT2D eigenvalue weighted by atomic mass is 9.98. The molecule has 0 fully saturated rings. The smallest absolute Gasteiger partial charge is 0.341 e. The number of rotatable bonds is 4. The molecule has 0 aliphatic rings. The Morgan fingerprint density at radius 1 is 1.15 bits per heavy atom. The summed E-state index contributed by atoms with van der Waals surface area (Å²) in [6.07, 6.45) is 0. The first kappa shape index (κ1) is 19.8. The number of nitrogens with zero attached hydrogens (tertiary/aromatic N) is 1. The van der Waals surface area contributed by atoms with Gasteiger partial charge in [0.25, 0.3) is 0 Å². The van der Waals surface area contributed by atoms with Crippen LogP contribution in [0.5, 0.6) is 0 Å². The fourth-order valence-electron chi connectivity index (χ4n) is 2.28. The van der Waals surface area contributed by atoms with Crippen molar-refractivity contribution in [3.05, 3.63) is 59.2 Å². The molecule has 0 bridgehead atoms. The van der Waals surface area contributed by atoms with E-state index in [2.05, 4.69) is 20.6 Å². The molecule has 0 unspecified atom stereocenters. The van der Waals surface area contributed by atoms with Gasteiger partial charge < -0.3 is 10.5 Å². The summed E-state index contributed by atoms with van der Waals surface area (Å²) in [4.78, 5) is 26.5. The highest BCUT2D eigenvalue weighted by atomic mass is 19.1. The number of benzene rings is 2. The van der Waals surface area contributed by atoms with Crippen molar-refractivity contribution in [2.75, 3.05) is 7.11 Å². The summed E-state index contributed by atoms with van der Waals surface area (Å²) in [5, 5.41) is 0. The Hall–Kier alpha value is -3.49. The van der Waals surface area contributed by atoms with Crippen LogP contribution in [0.4, 0.5) is 8.78 Å². The molecule has 2 aromatic rings. The Morgan fingerprint density at radius 2 is 1.89 bits per heavy atom. The molecule has 0 aliphatic heterocycles. The summed E-state index contributed by atoms with van der Waals surface area (Å²) < 4.78 is 33.0. The van der Waals surface area contributed by atoms with E-state index in [-0.39, 0.29) is 35.1 Å². The number of halogens is 2. The van der Waals surface area contributed by atoms with E-state index in [0.29, 0.717) is 5.56 Å². The molecule has 7 nitrogen and oxygen atoms in total. The monoisotopic (exact) mass is 376 g/mol. The van der Waals surface area contributed by atoms with Gasteiger partial charge in [0.05, 0.1) is 13.7 Å². The van der Waals surface area contributed by atoms with Gasteiger partial charge in [-0.2, -0.15) is 0 Å². The van der Waals surface area contributed by atoms with E-state index < -0.39 is 17.6 Å². The van der Waals surface area contributed by atoms with E-state index in [1.54, 1.807) is 0 Å². The van der Waals surface area contributed by atoms with Crippen LogP contribution in [0.2, 0.25) is 0 Å². The van der Waals surface area contributed by atoms with Crippen molar-refractivity contribution in [1.29, 1.82) is 0 Å².